The molecule has 2 aromatic rings. The number of methoxy groups -OCH3 is 1. The molecule has 0 amide bonds. The number of benzene rings is 1. The number of ether oxygens (including phenoxy) is 1. The zero-order chi connectivity index (χ0) is 14.9. The molecule has 108 valence electrons. The first kappa shape index (κ1) is 15.6. The minimum atomic E-state index is 0.0308. The van der Waals surface area contributed by atoms with E-state index in [1.54, 1.807) is 24.5 Å². The number of halogens is 2. The number of hydrogen-bond acceptors (Lipinski definition) is 3. The quantitative estimate of drug-likeness (QED) is 0.853. The molecule has 1 N–H and O–H groups in total. The number of aryl methyl sites for hydroxylation is 2. The molecule has 0 aliphatic heterocycles. The van der Waals surface area contributed by atoms with Gasteiger partial charge < -0.3 is 10.1 Å². The largest absolute Gasteiger partial charge is 0.495 e. The average Bonchev–Trinajstić information content (AvgIpc) is 2.74. The van der Waals surface area contributed by atoms with Gasteiger partial charge in [-0.2, -0.15) is 0 Å². The molecule has 0 aliphatic carbocycles. The van der Waals surface area contributed by atoms with Crippen molar-refractivity contribution in [2.24, 2.45) is 0 Å². The lowest BCUT2D eigenvalue weighted by Gasteiger charge is -2.18. The topological polar surface area (TPSA) is 21.3 Å². The van der Waals surface area contributed by atoms with Crippen molar-refractivity contribution in [3.05, 3.63) is 49.1 Å². The summed E-state index contributed by atoms with van der Waals surface area (Å²) in [4.78, 5) is 2.54. The smallest absolute Gasteiger partial charge is 0.138 e. The van der Waals surface area contributed by atoms with Crippen LogP contribution in [0.3, 0.4) is 0 Å². The van der Waals surface area contributed by atoms with Gasteiger partial charge >= 0.3 is 0 Å². The fourth-order valence-corrected chi connectivity index (χ4v) is 3.80. The molecule has 0 saturated carbocycles. The lowest BCUT2D eigenvalue weighted by atomic mass is 10.0. The van der Waals surface area contributed by atoms with E-state index < -0.39 is 0 Å². The van der Waals surface area contributed by atoms with E-state index in [4.69, 9.17) is 27.9 Å². The van der Waals surface area contributed by atoms with Crippen LogP contribution in [0, 0.1) is 13.8 Å². The summed E-state index contributed by atoms with van der Waals surface area (Å²) in [5.74, 6) is 0.591. The Morgan fingerprint density at radius 1 is 1.15 bits per heavy atom. The van der Waals surface area contributed by atoms with Gasteiger partial charge in [-0.3, -0.25) is 0 Å². The van der Waals surface area contributed by atoms with E-state index in [1.165, 1.54) is 15.3 Å². The summed E-state index contributed by atoms with van der Waals surface area (Å²) < 4.78 is 5.19. The van der Waals surface area contributed by atoms with Crippen LogP contribution in [0.15, 0.2) is 18.2 Å². The molecule has 0 bridgehead atoms. The van der Waals surface area contributed by atoms with Gasteiger partial charge in [-0.15, -0.1) is 11.3 Å². The monoisotopic (exact) mass is 329 g/mol. The highest BCUT2D eigenvalue weighted by Gasteiger charge is 2.20. The van der Waals surface area contributed by atoms with Crippen molar-refractivity contribution in [3.8, 4) is 5.75 Å². The van der Waals surface area contributed by atoms with Crippen LogP contribution >= 0.6 is 34.5 Å². The SMILES string of the molecule is CNC(c1cc(C)c(C)s1)c1cc(Cl)c(OC)cc1Cl. The maximum Gasteiger partial charge on any atom is 0.138 e. The van der Waals surface area contributed by atoms with Crippen LogP contribution in [-0.4, -0.2) is 14.2 Å². The lowest BCUT2D eigenvalue weighted by Crippen LogP contribution is -2.17. The summed E-state index contributed by atoms with van der Waals surface area (Å²) in [7, 11) is 3.50. The molecule has 1 aromatic heterocycles. The molecule has 2 rings (SSSR count). The summed E-state index contributed by atoms with van der Waals surface area (Å²) in [5, 5.41) is 4.52. The van der Waals surface area contributed by atoms with Crippen molar-refractivity contribution in [2.45, 2.75) is 19.9 Å². The van der Waals surface area contributed by atoms with Crippen LogP contribution in [0.5, 0.6) is 5.75 Å². The molecule has 0 radical (unpaired) electrons. The van der Waals surface area contributed by atoms with E-state index in [2.05, 4.69) is 25.2 Å². The van der Waals surface area contributed by atoms with Crippen LogP contribution in [0.2, 0.25) is 10.0 Å². The van der Waals surface area contributed by atoms with Gasteiger partial charge in [0.25, 0.3) is 0 Å². The second kappa shape index (κ2) is 6.35. The second-order valence-electron chi connectivity index (χ2n) is 4.62. The summed E-state index contributed by atoms with van der Waals surface area (Å²) in [6, 6.07) is 5.85. The minimum absolute atomic E-state index is 0.0308. The predicted octanol–water partition coefficient (Wildman–Crippen LogP) is 4.99. The van der Waals surface area contributed by atoms with Crippen LogP contribution in [-0.2, 0) is 0 Å². The van der Waals surface area contributed by atoms with Gasteiger partial charge in [0.05, 0.1) is 18.2 Å². The van der Waals surface area contributed by atoms with Gasteiger partial charge in [-0.05, 0) is 44.2 Å². The fourth-order valence-electron chi connectivity index (χ4n) is 2.12. The third-order valence-electron chi connectivity index (χ3n) is 3.34. The molecule has 1 unspecified atom stereocenters. The molecule has 1 atom stereocenters. The van der Waals surface area contributed by atoms with Crippen LogP contribution in [0.1, 0.15) is 26.9 Å². The summed E-state index contributed by atoms with van der Waals surface area (Å²) in [5.41, 5.74) is 2.25. The van der Waals surface area contributed by atoms with Gasteiger partial charge in [0.1, 0.15) is 5.75 Å². The van der Waals surface area contributed by atoms with Crippen molar-refractivity contribution >= 4 is 34.5 Å². The molecule has 0 saturated heterocycles. The molecule has 0 aliphatic rings. The van der Waals surface area contributed by atoms with Crippen molar-refractivity contribution in [1.82, 2.24) is 5.32 Å². The highest BCUT2D eigenvalue weighted by Crippen LogP contribution is 2.38. The van der Waals surface area contributed by atoms with E-state index >= 15 is 0 Å². The predicted molar refractivity (Wildman–Crippen MR) is 87.7 cm³/mol. The van der Waals surface area contributed by atoms with E-state index in [1.807, 2.05) is 13.1 Å². The van der Waals surface area contributed by atoms with Crippen molar-refractivity contribution in [1.29, 1.82) is 0 Å². The summed E-state index contributed by atoms with van der Waals surface area (Å²) >= 11 is 14.4. The van der Waals surface area contributed by atoms with Gasteiger partial charge in [0.15, 0.2) is 0 Å². The van der Waals surface area contributed by atoms with Crippen LogP contribution in [0.25, 0.3) is 0 Å². The summed E-state index contributed by atoms with van der Waals surface area (Å²) in [6.45, 7) is 4.24. The molecule has 0 fully saturated rings. The van der Waals surface area contributed by atoms with Gasteiger partial charge in [0.2, 0.25) is 0 Å². The Bertz CT molecular complexity index is 605. The third-order valence-corrected chi connectivity index (χ3v) is 5.18. The van der Waals surface area contributed by atoms with E-state index in [9.17, 15) is 0 Å². The Morgan fingerprint density at radius 3 is 2.35 bits per heavy atom. The van der Waals surface area contributed by atoms with Gasteiger partial charge in [-0.1, -0.05) is 23.2 Å². The molecule has 1 heterocycles. The number of thiophene rings is 1. The standard InChI is InChI=1S/C15H17Cl2NOS/c1-8-5-14(20-9(8)2)15(18-3)10-6-12(17)13(19-4)7-11(10)16/h5-7,15,18H,1-4H3. The average molecular weight is 330 g/mol. The Morgan fingerprint density at radius 2 is 1.85 bits per heavy atom. The molecule has 0 spiro atoms. The molecular weight excluding hydrogens is 313 g/mol. The number of nitrogens with one attached hydrogen (secondary N) is 1. The first-order chi connectivity index (χ1) is 9.47. The highest BCUT2D eigenvalue weighted by atomic mass is 35.5. The first-order valence-electron chi connectivity index (χ1n) is 6.25. The fraction of sp³-hybridized carbons (Fsp3) is 0.333. The normalized spacial score (nSPS) is 12.5. The third kappa shape index (κ3) is 2.96. The van der Waals surface area contributed by atoms with Crippen molar-refractivity contribution in [2.75, 3.05) is 14.2 Å². The Hall–Kier alpha value is -0.740. The molecule has 5 heteroatoms. The van der Waals surface area contributed by atoms with Crippen molar-refractivity contribution in [3.63, 3.8) is 0 Å². The minimum Gasteiger partial charge on any atom is -0.495 e. The second-order valence-corrected chi connectivity index (χ2v) is 6.72. The van der Waals surface area contributed by atoms with Gasteiger partial charge in [-0.25, -0.2) is 0 Å². The summed E-state index contributed by atoms with van der Waals surface area (Å²) in [6.07, 6.45) is 0. The number of rotatable bonds is 4. The zero-order valence-corrected chi connectivity index (χ0v) is 14.2. The van der Waals surface area contributed by atoms with Crippen LogP contribution in [0.4, 0.5) is 0 Å². The van der Waals surface area contributed by atoms with E-state index in [-0.39, 0.29) is 6.04 Å². The Balaban J connectivity index is 2.49. The lowest BCUT2D eigenvalue weighted by molar-refractivity contribution is 0.415. The number of hydrogen-bond donors (Lipinski definition) is 1. The molecule has 20 heavy (non-hydrogen) atoms. The maximum atomic E-state index is 6.38. The van der Waals surface area contributed by atoms with Gasteiger partial charge in [0, 0.05) is 20.8 Å². The molecule has 1 aromatic carbocycles. The maximum absolute atomic E-state index is 6.38. The zero-order valence-electron chi connectivity index (χ0n) is 11.9. The highest BCUT2D eigenvalue weighted by molar-refractivity contribution is 7.12. The van der Waals surface area contributed by atoms with Crippen molar-refractivity contribution < 1.29 is 4.74 Å². The first-order valence-corrected chi connectivity index (χ1v) is 7.82. The molecule has 2 nitrogen and oxygen atoms in total. The van der Waals surface area contributed by atoms with E-state index in [0.717, 1.165) is 5.56 Å². The Kier molecular flexibility index (Phi) is 4.97. The van der Waals surface area contributed by atoms with Crippen LogP contribution < -0.4 is 10.1 Å². The van der Waals surface area contributed by atoms with E-state index in [0.29, 0.717) is 15.8 Å². The Labute approximate surface area is 133 Å². The molecular formula is C15H17Cl2NOS.